The number of benzene rings is 2. The second kappa shape index (κ2) is 9.75. The molecule has 0 saturated carbocycles. The molecule has 3 aromatic rings. The molecule has 1 aliphatic rings. The van der Waals surface area contributed by atoms with Crippen LogP contribution in [0.25, 0.3) is 11.3 Å². The fraction of sp³-hybridized carbons (Fsp3) is 0.238. The van der Waals surface area contributed by atoms with E-state index in [0.717, 1.165) is 26.1 Å². The summed E-state index contributed by atoms with van der Waals surface area (Å²) in [5.74, 6) is -0.0920. The average Bonchev–Trinajstić information content (AvgIpc) is 3.38. The number of carbonyl (C=O) groups excluding carboxylic acids is 1. The van der Waals surface area contributed by atoms with Crippen molar-refractivity contribution in [3.8, 4) is 22.8 Å². The minimum absolute atomic E-state index is 0.108. The summed E-state index contributed by atoms with van der Waals surface area (Å²) < 4.78 is 57.9. The summed E-state index contributed by atoms with van der Waals surface area (Å²) in [5.41, 5.74) is 3.20. The predicted molar refractivity (Wildman–Crippen MR) is 125 cm³/mol. The number of sulfonamides is 2. The zero-order chi connectivity index (χ0) is 25.2. The van der Waals surface area contributed by atoms with Crippen LogP contribution < -0.4 is 10.2 Å². The van der Waals surface area contributed by atoms with E-state index in [1.165, 1.54) is 29.7 Å². The van der Waals surface area contributed by atoms with E-state index < -0.39 is 38.5 Å². The quantitative estimate of drug-likeness (QED) is 0.306. The zero-order valence-corrected chi connectivity index (χ0v) is 20.2. The van der Waals surface area contributed by atoms with E-state index in [-0.39, 0.29) is 18.0 Å². The SMILES string of the molecule is CS(=O)(=O)N1CCN(S(=O)(=O)c2ccc(Oc3ccc(-c4ccn[nH]4)cc3)cc2)[C@@H](C(=O)NO)C1. The number of piperazine rings is 1. The lowest BCUT2D eigenvalue weighted by molar-refractivity contribution is -0.134. The van der Waals surface area contributed by atoms with Crippen molar-refractivity contribution in [2.75, 3.05) is 25.9 Å². The Morgan fingerprint density at radius 3 is 2.20 bits per heavy atom. The van der Waals surface area contributed by atoms with Crippen molar-refractivity contribution in [2.45, 2.75) is 10.9 Å². The maximum Gasteiger partial charge on any atom is 0.263 e. The fourth-order valence-corrected chi connectivity index (χ4v) is 6.08. The van der Waals surface area contributed by atoms with Gasteiger partial charge in [-0.05, 0) is 60.2 Å². The van der Waals surface area contributed by atoms with Crippen LogP contribution >= 0.6 is 0 Å². The highest BCUT2D eigenvalue weighted by atomic mass is 32.2. The molecule has 0 aliphatic carbocycles. The molecule has 186 valence electrons. The van der Waals surface area contributed by atoms with Crippen LogP contribution in [0.15, 0.2) is 65.7 Å². The Bertz CT molecular complexity index is 1390. The minimum Gasteiger partial charge on any atom is -0.457 e. The van der Waals surface area contributed by atoms with Gasteiger partial charge in [0.1, 0.15) is 17.5 Å². The fourth-order valence-electron chi connectivity index (χ4n) is 3.69. The van der Waals surface area contributed by atoms with E-state index in [1.54, 1.807) is 18.3 Å². The maximum absolute atomic E-state index is 13.2. The number of carbonyl (C=O) groups is 1. The van der Waals surface area contributed by atoms with Crippen molar-refractivity contribution in [1.82, 2.24) is 24.3 Å². The van der Waals surface area contributed by atoms with Gasteiger partial charge in [0.25, 0.3) is 5.91 Å². The lowest BCUT2D eigenvalue weighted by Gasteiger charge is -2.38. The second-order valence-electron chi connectivity index (χ2n) is 7.80. The highest BCUT2D eigenvalue weighted by molar-refractivity contribution is 7.89. The van der Waals surface area contributed by atoms with Crippen LogP contribution in [0.4, 0.5) is 0 Å². The second-order valence-corrected chi connectivity index (χ2v) is 11.7. The summed E-state index contributed by atoms with van der Waals surface area (Å²) >= 11 is 0. The molecule has 0 unspecified atom stereocenters. The van der Waals surface area contributed by atoms with Gasteiger partial charge in [-0.1, -0.05) is 0 Å². The van der Waals surface area contributed by atoms with Gasteiger partial charge in [-0.2, -0.15) is 13.7 Å². The van der Waals surface area contributed by atoms with E-state index in [9.17, 15) is 21.6 Å². The topological polar surface area (TPSA) is 162 Å². The third kappa shape index (κ3) is 5.36. The summed E-state index contributed by atoms with van der Waals surface area (Å²) in [7, 11) is -7.84. The number of aromatic nitrogens is 2. The Balaban J connectivity index is 1.51. The molecule has 0 bridgehead atoms. The molecular formula is C21H23N5O7S2. The van der Waals surface area contributed by atoms with Crippen molar-refractivity contribution in [1.29, 1.82) is 0 Å². The normalized spacial score (nSPS) is 17.7. The molecule has 1 saturated heterocycles. The van der Waals surface area contributed by atoms with Crippen LogP contribution in [0, 0.1) is 0 Å². The molecule has 35 heavy (non-hydrogen) atoms. The van der Waals surface area contributed by atoms with Crippen LogP contribution in [-0.4, -0.2) is 78.7 Å². The summed E-state index contributed by atoms with van der Waals surface area (Å²) in [6, 6.07) is 13.3. The summed E-state index contributed by atoms with van der Waals surface area (Å²) in [4.78, 5) is 12.1. The van der Waals surface area contributed by atoms with E-state index >= 15 is 0 Å². The van der Waals surface area contributed by atoms with Gasteiger partial charge in [0.15, 0.2) is 0 Å². The maximum atomic E-state index is 13.2. The number of amides is 1. The molecule has 14 heteroatoms. The first-order valence-corrected chi connectivity index (χ1v) is 13.7. The van der Waals surface area contributed by atoms with Crippen LogP contribution in [0.5, 0.6) is 11.5 Å². The number of nitrogens with zero attached hydrogens (tertiary/aromatic N) is 3. The molecule has 0 radical (unpaired) electrons. The molecule has 0 spiro atoms. The molecule has 4 rings (SSSR count). The standard InChI is InChI=1S/C21H23N5O7S2/c1-34(29,30)25-12-13-26(20(14-25)21(27)24-28)35(31,32)18-8-6-17(7-9-18)33-16-4-2-15(3-5-16)19-10-11-22-23-19/h2-11,20,28H,12-14H2,1H3,(H,22,23)(H,24,27)/t20-/m1/s1. The van der Waals surface area contributed by atoms with Gasteiger partial charge in [-0.25, -0.2) is 22.3 Å². The molecule has 1 aromatic heterocycles. The minimum atomic E-state index is -4.18. The van der Waals surface area contributed by atoms with Gasteiger partial charge in [0, 0.05) is 25.8 Å². The molecule has 1 fully saturated rings. The number of hydroxylamine groups is 1. The van der Waals surface area contributed by atoms with Crippen molar-refractivity contribution >= 4 is 26.0 Å². The Labute approximate surface area is 202 Å². The first kappa shape index (κ1) is 24.8. The number of ether oxygens (including phenoxy) is 1. The lowest BCUT2D eigenvalue weighted by atomic mass is 10.1. The van der Waals surface area contributed by atoms with Gasteiger partial charge in [-0.15, -0.1) is 0 Å². The number of aromatic amines is 1. The monoisotopic (exact) mass is 521 g/mol. The van der Waals surface area contributed by atoms with Gasteiger partial charge in [0.05, 0.1) is 16.8 Å². The van der Waals surface area contributed by atoms with Crippen molar-refractivity contribution in [3.05, 3.63) is 60.8 Å². The van der Waals surface area contributed by atoms with Crippen LogP contribution in [-0.2, 0) is 24.8 Å². The van der Waals surface area contributed by atoms with Gasteiger partial charge >= 0.3 is 0 Å². The average molecular weight is 522 g/mol. The lowest BCUT2D eigenvalue weighted by Crippen LogP contribution is -2.60. The Morgan fingerprint density at radius 1 is 1.03 bits per heavy atom. The molecule has 1 aliphatic heterocycles. The predicted octanol–water partition coefficient (Wildman–Crippen LogP) is 1.01. The third-order valence-corrected chi connectivity index (χ3v) is 8.70. The van der Waals surface area contributed by atoms with E-state index in [2.05, 4.69) is 10.2 Å². The third-order valence-electron chi connectivity index (χ3n) is 5.51. The summed E-state index contributed by atoms with van der Waals surface area (Å²) in [6.07, 6.45) is 2.62. The molecule has 12 nitrogen and oxygen atoms in total. The van der Waals surface area contributed by atoms with Crippen molar-refractivity contribution < 1.29 is 31.6 Å². The number of hydrogen-bond donors (Lipinski definition) is 3. The molecule has 2 heterocycles. The highest BCUT2D eigenvalue weighted by Gasteiger charge is 2.42. The number of nitrogens with one attached hydrogen (secondary N) is 2. The number of hydrogen-bond acceptors (Lipinski definition) is 8. The Morgan fingerprint density at radius 2 is 1.66 bits per heavy atom. The molecule has 2 aromatic carbocycles. The van der Waals surface area contributed by atoms with Gasteiger partial charge in [-0.3, -0.25) is 15.1 Å². The first-order valence-electron chi connectivity index (χ1n) is 10.4. The number of H-pyrrole nitrogens is 1. The molecule has 1 amide bonds. The van der Waals surface area contributed by atoms with Crippen molar-refractivity contribution in [3.63, 3.8) is 0 Å². The van der Waals surface area contributed by atoms with Crippen LogP contribution in [0.2, 0.25) is 0 Å². The molecule has 3 N–H and O–H groups in total. The Kier molecular flexibility index (Phi) is 6.91. The zero-order valence-electron chi connectivity index (χ0n) is 18.5. The first-order chi connectivity index (χ1) is 16.6. The summed E-state index contributed by atoms with van der Waals surface area (Å²) in [6.45, 7) is -0.794. The van der Waals surface area contributed by atoms with Crippen molar-refractivity contribution in [2.24, 2.45) is 0 Å². The largest absolute Gasteiger partial charge is 0.457 e. The smallest absolute Gasteiger partial charge is 0.263 e. The van der Waals surface area contributed by atoms with Gasteiger partial charge in [0.2, 0.25) is 20.0 Å². The van der Waals surface area contributed by atoms with Gasteiger partial charge < -0.3 is 4.74 Å². The number of rotatable bonds is 7. The molecule has 1 atom stereocenters. The highest BCUT2D eigenvalue weighted by Crippen LogP contribution is 2.28. The summed E-state index contributed by atoms with van der Waals surface area (Å²) in [5, 5.41) is 15.8. The van der Waals surface area contributed by atoms with Crippen LogP contribution in [0.3, 0.4) is 0 Å². The van der Waals surface area contributed by atoms with E-state index in [0.29, 0.717) is 11.5 Å². The molecular weight excluding hydrogens is 498 g/mol. The van der Waals surface area contributed by atoms with Crippen LogP contribution in [0.1, 0.15) is 0 Å². The Hall–Kier alpha value is -3.30. The van der Waals surface area contributed by atoms with E-state index in [1.807, 2.05) is 18.2 Å². The van der Waals surface area contributed by atoms with E-state index in [4.69, 9.17) is 9.94 Å².